The maximum absolute atomic E-state index is 6.39. The van der Waals surface area contributed by atoms with Crippen molar-refractivity contribution in [2.45, 2.75) is 38.6 Å². The summed E-state index contributed by atoms with van der Waals surface area (Å²) in [6.07, 6.45) is 2.33. The van der Waals surface area contributed by atoms with Crippen molar-refractivity contribution < 1.29 is 0 Å². The van der Waals surface area contributed by atoms with Crippen LogP contribution in [0.3, 0.4) is 0 Å². The van der Waals surface area contributed by atoms with Crippen LogP contribution in [-0.2, 0) is 6.42 Å². The fourth-order valence-electron chi connectivity index (χ4n) is 2.45. The second-order valence-corrected chi connectivity index (χ2v) is 5.22. The molecule has 2 unspecified atom stereocenters. The van der Waals surface area contributed by atoms with Gasteiger partial charge in [0, 0.05) is 12.0 Å². The summed E-state index contributed by atoms with van der Waals surface area (Å²) in [4.78, 5) is 0. The first-order valence-electron chi connectivity index (χ1n) is 7.11. The Morgan fingerprint density at radius 3 is 2.11 bits per heavy atom. The minimum absolute atomic E-state index is 0.0538. The van der Waals surface area contributed by atoms with E-state index in [1.54, 1.807) is 0 Å². The molecule has 0 saturated heterocycles. The first kappa shape index (κ1) is 13.8. The maximum Gasteiger partial charge on any atom is 0.0361 e. The molecule has 0 aromatic heterocycles. The highest BCUT2D eigenvalue weighted by Gasteiger charge is 2.16. The molecule has 0 aliphatic rings. The van der Waals surface area contributed by atoms with E-state index < -0.39 is 0 Å². The first-order chi connectivity index (χ1) is 9.22. The van der Waals surface area contributed by atoms with Gasteiger partial charge in [-0.25, -0.2) is 0 Å². The minimum Gasteiger partial charge on any atom is -0.323 e. The second kappa shape index (κ2) is 6.53. The molecular formula is C18H23N. The molecule has 1 heteroatoms. The molecule has 0 spiro atoms. The van der Waals surface area contributed by atoms with Gasteiger partial charge in [-0.15, -0.1) is 0 Å². The van der Waals surface area contributed by atoms with Gasteiger partial charge in [-0.3, -0.25) is 0 Å². The van der Waals surface area contributed by atoms with Crippen molar-refractivity contribution >= 4 is 0 Å². The monoisotopic (exact) mass is 253 g/mol. The molecule has 0 aliphatic heterocycles. The van der Waals surface area contributed by atoms with Crippen molar-refractivity contribution in [3.05, 3.63) is 71.3 Å². The SMILES string of the molecule is CCCc1ccc(C(N)C(C)c2ccccc2)cc1. The van der Waals surface area contributed by atoms with Crippen molar-refractivity contribution in [1.82, 2.24) is 0 Å². The van der Waals surface area contributed by atoms with Gasteiger partial charge in [0.25, 0.3) is 0 Å². The van der Waals surface area contributed by atoms with E-state index in [9.17, 15) is 0 Å². The Bertz CT molecular complexity index is 487. The summed E-state index contributed by atoms with van der Waals surface area (Å²) in [6, 6.07) is 19.3. The Kier molecular flexibility index (Phi) is 4.75. The maximum atomic E-state index is 6.39. The molecule has 0 saturated carbocycles. The van der Waals surface area contributed by atoms with Gasteiger partial charge < -0.3 is 5.73 Å². The van der Waals surface area contributed by atoms with Gasteiger partial charge in [-0.1, -0.05) is 74.9 Å². The van der Waals surface area contributed by atoms with Crippen molar-refractivity contribution in [2.24, 2.45) is 5.73 Å². The smallest absolute Gasteiger partial charge is 0.0361 e. The van der Waals surface area contributed by atoms with Crippen LogP contribution in [0.15, 0.2) is 54.6 Å². The average Bonchev–Trinajstić information content (AvgIpc) is 2.48. The molecule has 2 atom stereocenters. The minimum atomic E-state index is 0.0538. The normalized spacial score (nSPS) is 14.1. The number of nitrogens with two attached hydrogens (primary N) is 1. The van der Waals surface area contributed by atoms with E-state index in [0.29, 0.717) is 5.92 Å². The lowest BCUT2D eigenvalue weighted by Gasteiger charge is -2.21. The number of rotatable bonds is 5. The molecule has 0 radical (unpaired) electrons. The molecule has 2 N–H and O–H groups in total. The number of hydrogen-bond acceptors (Lipinski definition) is 1. The molecule has 0 fully saturated rings. The van der Waals surface area contributed by atoms with Crippen molar-refractivity contribution in [1.29, 1.82) is 0 Å². The standard InChI is InChI=1S/C18H23N/c1-3-7-15-10-12-17(13-11-15)18(19)14(2)16-8-5-4-6-9-16/h4-6,8-14,18H,3,7,19H2,1-2H3. The Morgan fingerprint density at radius 2 is 1.53 bits per heavy atom. The molecule has 0 aliphatic carbocycles. The van der Waals surface area contributed by atoms with Crippen LogP contribution in [0.1, 0.15) is 48.9 Å². The van der Waals surface area contributed by atoms with Gasteiger partial charge in [0.1, 0.15) is 0 Å². The van der Waals surface area contributed by atoms with E-state index in [-0.39, 0.29) is 6.04 Å². The third-order valence-electron chi connectivity index (χ3n) is 3.77. The highest BCUT2D eigenvalue weighted by molar-refractivity contribution is 5.29. The third-order valence-corrected chi connectivity index (χ3v) is 3.77. The topological polar surface area (TPSA) is 26.0 Å². The lowest BCUT2D eigenvalue weighted by molar-refractivity contribution is 0.598. The van der Waals surface area contributed by atoms with Gasteiger partial charge in [-0.2, -0.15) is 0 Å². The quantitative estimate of drug-likeness (QED) is 0.837. The summed E-state index contributed by atoms with van der Waals surface area (Å²) >= 11 is 0. The highest BCUT2D eigenvalue weighted by atomic mass is 14.6. The Balaban J connectivity index is 2.12. The molecule has 2 aromatic rings. The predicted octanol–water partition coefficient (Wildman–Crippen LogP) is 4.44. The van der Waals surface area contributed by atoms with Crippen LogP contribution in [0.4, 0.5) is 0 Å². The largest absolute Gasteiger partial charge is 0.323 e. The molecule has 2 rings (SSSR count). The zero-order valence-electron chi connectivity index (χ0n) is 11.8. The van der Waals surface area contributed by atoms with Crippen LogP contribution in [0, 0.1) is 0 Å². The van der Waals surface area contributed by atoms with Crippen LogP contribution >= 0.6 is 0 Å². The fourth-order valence-corrected chi connectivity index (χ4v) is 2.45. The van der Waals surface area contributed by atoms with Crippen molar-refractivity contribution in [2.75, 3.05) is 0 Å². The molecule has 100 valence electrons. The van der Waals surface area contributed by atoms with Gasteiger partial charge in [-0.05, 0) is 23.1 Å². The van der Waals surface area contributed by atoms with E-state index in [1.807, 2.05) is 6.07 Å². The number of aryl methyl sites for hydroxylation is 1. The van der Waals surface area contributed by atoms with Crippen LogP contribution in [0.5, 0.6) is 0 Å². The summed E-state index contributed by atoms with van der Waals surface area (Å²) in [5.41, 5.74) is 10.3. The molecule has 0 bridgehead atoms. The second-order valence-electron chi connectivity index (χ2n) is 5.22. The van der Waals surface area contributed by atoms with E-state index in [0.717, 1.165) is 6.42 Å². The van der Waals surface area contributed by atoms with E-state index >= 15 is 0 Å². The summed E-state index contributed by atoms with van der Waals surface area (Å²) in [6.45, 7) is 4.40. The summed E-state index contributed by atoms with van der Waals surface area (Å²) in [5.74, 6) is 0.332. The van der Waals surface area contributed by atoms with Crippen LogP contribution in [0.25, 0.3) is 0 Å². The summed E-state index contributed by atoms with van der Waals surface area (Å²) in [7, 11) is 0. The Hall–Kier alpha value is -1.60. The molecule has 0 amide bonds. The lowest BCUT2D eigenvalue weighted by atomic mass is 9.89. The third kappa shape index (κ3) is 3.45. The average molecular weight is 253 g/mol. The lowest BCUT2D eigenvalue weighted by Crippen LogP contribution is -2.17. The summed E-state index contributed by atoms with van der Waals surface area (Å²) in [5, 5.41) is 0. The predicted molar refractivity (Wildman–Crippen MR) is 82.2 cm³/mol. The van der Waals surface area contributed by atoms with Crippen LogP contribution in [0.2, 0.25) is 0 Å². The fraction of sp³-hybridized carbons (Fsp3) is 0.333. The van der Waals surface area contributed by atoms with E-state index in [2.05, 4.69) is 62.4 Å². The van der Waals surface area contributed by atoms with Gasteiger partial charge in [0.05, 0.1) is 0 Å². The van der Waals surface area contributed by atoms with Crippen LogP contribution in [-0.4, -0.2) is 0 Å². The molecular weight excluding hydrogens is 230 g/mol. The van der Waals surface area contributed by atoms with E-state index in [1.165, 1.54) is 23.1 Å². The molecule has 2 aromatic carbocycles. The van der Waals surface area contributed by atoms with Gasteiger partial charge in [0.2, 0.25) is 0 Å². The zero-order valence-corrected chi connectivity index (χ0v) is 11.8. The first-order valence-corrected chi connectivity index (χ1v) is 7.11. The van der Waals surface area contributed by atoms with Crippen molar-refractivity contribution in [3.63, 3.8) is 0 Å². The zero-order chi connectivity index (χ0) is 13.7. The van der Waals surface area contributed by atoms with E-state index in [4.69, 9.17) is 5.73 Å². The summed E-state index contributed by atoms with van der Waals surface area (Å²) < 4.78 is 0. The van der Waals surface area contributed by atoms with Gasteiger partial charge in [0.15, 0.2) is 0 Å². The molecule has 19 heavy (non-hydrogen) atoms. The number of hydrogen-bond donors (Lipinski definition) is 1. The van der Waals surface area contributed by atoms with Crippen molar-refractivity contribution in [3.8, 4) is 0 Å². The van der Waals surface area contributed by atoms with Gasteiger partial charge >= 0.3 is 0 Å². The molecule has 0 heterocycles. The Labute approximate surface area is 116 Å². The Morgan fingerprint density at radius 1 is 0.895 bits per heavy atom. The highest BCUT2D eigenvalue weighted by Crippen LogP contribution is 2.28. The molecule has 1 nitrogen and oxygen atoms in total. The number of benzene rings is 2. The van der Waals surface area contributed by atoms with Crippen LogP contribution < -0.4 is 5.73 Å².